The zero-order valence-corrected chi connectivity index (χ0v) is 20.4. The van der Waals surface area contributed by atoms with Gasteiger partial charge < -0.3 is 10.1 Å². The molecule has 1 saturated heterocycles. The lowest BCUT2D eigenvalue weighted by atomic mass is 10.0. The first kappa shape index (κ1) is 23.8. The molecule has 0 aliphatic carbocycles. The molecule has 0 bridgehead atoms. The first-order chi connectivity index (χ1) is 16.3. The highest BCUT2D eigenvalue weighted by atomic mass is 32.2. The second kappa shape index (κ2) is 10.3. The van der Waals surface area contributed by atoms with E-state index in [1.54, 1.807) is 29.1 Å². The first-order valence-electron chi connectivity index (χ1n) is 11.3. The fourth-order valence-electron chi connectivity index (χ4n) is 3.81. The minimum absolute atomic E-state index is 0.0207. The molecule has 0 saturated carbocycles. The average Bonchev–Trinajstić information content (AvgIpc) is 3.27. The number of hydrogen-bond donors (Lipinski definition) is 1. The van der Waals surface area contributed by atoms with Crippen molar-refractivity contribution in [1.82, 2.24) is 9.88 Å². The van der Waals surface area contributed by atoms with Crippen molar-refractivity contribution in [2.75, 3.05) is 17.6 Å². The van der Waals surface area contributed by atoms with E-state index in [2.05, 4.69) is 10.3 Å². The van der Waals surface area contributed by atoms with Crippen LogP contribution in [0.3, 0.4) is 0 Å². The number of anilines is 1. The van der Waals surface area contributed by atoms with E-state index in [0.29, 0.717) is 17.7 Å². The van der Waals surface area contributed by atoms with Crippen molar-refractivity contribution in [1.29, 1.82) is 0 Å². The average molecular weight is 476 g/mol. The van der Waals surface area contributed by atoms with Crippen LogP contribution in [0.5, 0.6) is 0 Å². The molecule has 1 aliphatic heterocycles. The largest absolute Gasteiger partial charge is 0.444 e. The molecule has 2 aromatic carbocycles. The van der Waals surface area contributed by atoms with Crippen molar-refractivity contribution < 1.29 is 14.3 Å². The summed E-state index contributed by atoms with van der Waals surface area (Å²) in [5.41, 5.74) is 2.49. The minimum atomic E-state index is -0.589. The molecule has 1 N–H and O–H groups in total. The number of hydrogen-bond acceptors (Lipinski definition) is 6. The maximum atomic E-state index is 13.2. The zero-order valence-electron chi connectivity index (χ0n) is 19.6. The summed E-state index contributed by atoms with van der Waals surface area (Å²) in [6.45, 7) is 6.15. The lowest BCUT2D eigenvalue weighted by molar-refractivity contribution is 0.0183. The fourth-order valence-corrected chi connectivity index (χ4v) is 5.25. The third-order valence-corrected chi connectivity index (χ3v) is 6.76. The van der Waals surface area contributed by atoms with Gasteiger partial charge in [-0.1, -0.05) is 48.5 Å². The van der Waals surface area contributed by atoms with Gasteiger partial charge in [-0.25, -0.2) is 4.79 Å². The molecule has 7 heteroatoms. The summed E-state index contributed by atoms with van der Waals surface area (Å²) in [5.74, 6) is 0.738. The Morgan fingerprint density at radius 1 is 1.06 bits per heavy atom. The van der Waals surface area contributed by atoms with E-state index in [4.69, 9.17) is 4.74 Å². The van der Waals surface area contributed by atoms with Crippen molar-refractivity contribution in [3.8, 4) is 0 Å². The Morgan fingerprint density at radius 2 is 1.82 bits per heavy atom. The van der Waals surface area contributed by atoms with Crippen molar-refractivity contribution in [3.05, 3.63) is 95.8 Å². The van der Waals surface area contributed by atoms with Gasteiger partial charge >= 0.3 is 6.09 Å². The molecule has 176 valence electrons. The number of ketones is 1. The van der Waals surface area contributed by atoms with E-state index in [1.165, 1.54) is 0 Å². The zero-order chi connectivity index (χ0) is 24.1. The van der Waals surface area contributed by atoms with Crippen LogP contribution in [0, 0.1) is 0 Å². The summed E-state index contributed by atoms with van der Waals surface area (Å²) in [6, 6.07) is 20.5. The van der Waals surface area contributed by atoms with E-state index in [-0.39, 0.29) is 23.3 Å². The maximum Gasteiger partial charge on any atom is 0.411 e. The van der Waals surface area contributed by atoms with Crippen molar-refractivity contribution in [2.45, 2.75) is 37.8 Å². The van der Waals surface area contributed by atoms with Crippen LogP contribution in [0.15, 0.2) is 79.1 Å². The van der Waals surface area contributed by atoms with Gasteiger partial charge in [0.25, 0.3) is 0 Å². The van der Waals surface area contributed by atoms with E-state index >= 15 is 0 Å². The summed E-state index contributed by atoms with van der Waals surface area (Å²) in [7, 11) is 0. The Labute approximate surface area is 204 Å². The third-order valence-electron chi connectivity index (χ3n) is 5.37. The molecular weight excluding hydrogens is 446 g/mol. The molecule has 4 rings (SSSR count). The molecule has 6 nitrogen and oxygen atoms in total. The van der Waals surface area contributed by atoms with E-state index in [9.17, 15) is 9.59 Å². The lowest BCUT2D eigenvalue weighted by Crippen LogP contribution is -2.44. The van der Waals surface area contributed by atoms with Gasteiger partial charge in [0, 0.05) is 47.1 Å². The highest BCUT2D eigenvalue weighted by Gasteiger charge is 2.40. The molecule has 1 aliphatic rings. The molecule has 0 spiro atoms. The minimum Gasteiger partial charge on any atom is -0.444 e. The molecule has 2 heterocycles. The molecule has 3 aromatic rings. The number of carbonyl (C=O) groups is 2. The van der Waals surface area contributed by atoms with Gasteiger partial charge in [-0.05, 0) is 39.0 Å². The summed E-state index contributed by atoms with van der Waals surface area (Å²) in [4.78, 5) is 32.0. The molecular formula is C27H29N3O3S. The van der Waals surface area contributed by atoms with Crippen LogP contribution < -0.4 is 5.32 Å². The Morgan fingerprint density at radius 3 is 2.53 bits per heavy atom. The predicted octanol–water partition coefficient (Wildman–Crippen LogP) is 5.78. The molecule has 1 amide bonds. The maximum absolute atomic E-state index is 13.2. The molecule has 2 unspecified atom stereocenters. The number of pyridine rings is 1. The van der Waals surface area contributed by atoms with Crippen LogP contribution in [0.25, 0.3) is 0 Å². The number of aromatic nitrogens is 1. The van der Waals surface area contributed by atoms with Crippen molar-refractivity contribution in [3.63, 3.8) is 0 Å². The normalized spacial score (nSPS) is 17.9. The van der Waals surface area contributed by atoms with Gasteiger partial charge in [-0.3, -0.25) is 14.7 Å². The van der Waals surface area contributed by atoms with Gasteiger partial charge in [0.05, 0.1) is 6.04 Å². The summed E-state index contributed by atoms with van der Waals surface area (Å²) in [6.07, 6.45) is 3.18. The summed E-state index contributed by atoms with van der Waals surface area (Å²) in [5, 5.41) is 3.26. The third kappa shape index (κ3) is 5.78. The second-order valence-electron chi connectivity index (χ2n) is 9.17. The summed E-state index contributed by atoms with van der Waals surface area (Å²) < 4.78 is 5.74. The van der Waals surface area contributed by atoms with Gasteiger partial charge in [-0.15, -0.1) is 11.8 Å². The number of benzene rings is 2. The Kier molecular flexibility index (Phi) is 7.22. The van der Waals surface area contributed by atoms with Crippen LogP contribution >= 0.6 is 11.8 Å². The lowest BCUT2D eigenvalue weighted by Gasteiger charge is -2.32. The molecule has 34 heavy (non-hydrogen) atoms. The number of nitrogens with one attached hydrogen (secondary N) is 1. The quantitative estimate of drug-likeness (QED) is 0.456. The molecule has 0 radical (unpaired) electrons. The standard InChI is InChI=1S/C27H29N3O3S/c1-27(2,3)33-26(32)30-23(18-34-25(30)21-12-8-14-28-16-21)17-29-22-13-7-11-20(15-22)24(31)19-9-5-4-6-10-19/h4-16,23,25,29H,17-18H2,1-3H3. The number of nitrogens with zero attached hydrogens (tertiary/aromatic N) is 2. The molecule has 1 fully saturated rings. The Balaban J connectivity index is 1.50. The van der Waals surface area contributed by atoms with E-state index < -0.39 is 5.60 Å². The Hall–Kier alpha value is -3.32. The monoisotopic (exact) mass is 475 g/mol. The Bertz CT molecular complexity index is 1130. The van der Waals surface area contributed by atoms with Crippen LogP contribution in [-0.4, -0.2) is 45.7 Å². The van der Waals surface area contributed by atoms with E-state index in [1.807, 2.05) is 87.5 Å². The number of carbonyl (C=O) groups excluding carboxylic acids is 2. The van der Waals surface area contributed by atoms with Crippen molar-refractivity contribution in [2.24, 2.45) is 0 Å². The molecule has 1 aromatic heterocycles. The first-order valence-corrected chi connectivity index (χ1v) is 12.3. The predicted molar refractivity (Wildman–Crippen MR) is 136 cm³/mol. The number of thioether (sulfide) groups is 1. The topological polar surface area (TPSA) is 71.5 Å². The smallest absolute Gasteiger partial charge is 0.411 e. The van der Waals surface area contributed by atoms with Gasteiger partial charge in [-0.2, -0.15) is 0 Å². The SMILES string of the molecule is CC(C)(C)OC(=O)N1C(CNc2cccc(C(=O)c3ccccc3)c2)CSC1c1cccnc1. The number of ether oxygens (including phenoxy) is 1. The number of amides is 1. The van der Waals surface area contributed by atoms with Gasteiger partial charge in [0.2, 0.25) is 0 Å². The van der Waals surface area contributed by atoms with Gasteiger partial charge in [0.1, 0.15) is 11.0 Å². The fraction of sp³-hybridized carbons (Fsp3) is 0.296. The highest BCUT2D eigenvalue weighted by Crippen LogP contribution is 2.42. The van der Waals surface area contributed by atoms with Crippen LogP contribution in [0.4, 0.5) is 10.5 Å². The summed E-state index contributed by atoms with van der Waals surface area (Å²) >= 11 is 1.70. The van der Waals surface area contributed by atoms with Crippen LogP contribution in [0.1, 0.15) is 47.6 Å². The van der Waals surface area contributed by atoms with Crippen LogP contribution in [-0.2, 0) is 4.74 Å². The number of rotatable bonds is 6. The highest BCUT2D eigenvalue weighted by molar-refractivity contribution is 7.99. The van der Waals surface area contributed by atoms with Crippen molar-refractivity contribution >= 4 is 29.3 Å². The van der Waals surface area contributed by atoms with Gasteiger partial charge in [0.15, 0.2) is 5.78 Å². The molecule has 2 atom stereocenters. The van der Waals surface area contributed by atoms with E-state index in [0.717, 1.165) is 17.0 Å². The second-order valence-corrected chi connectivity index (χ2v) is 10.3. The van der Waals surface area contributed by atoms with Crippen LogP contribution in [0.2, 0.25) is 0 Å².